The predicted octanol–water partition coefficient (Wildman–Crippen LogP) is 2.73. The van der Waals surface area contributed by atoms with Crippen LogP contribution in [0.15, 0.2) is 36.8 Å². The second-order valence-electron chi connectivity index (χ2n) is 7.11. The fraction of sp³-hybridized carbons (Fsp3) is 0.450. The van der Waals surface area contributed by atoms with Crippen molar-refractivity contribution in [2.75, 3.05) is 25.0 Å². The standard InChI is InChI=1S/C20H26ClN7O4S/c1-4-10-32-17(18-23-12-15(21)13-24-18)14(2)33(29,30)27-20-26-25-19(28(20)9-11-31-3)16-7-5-6-8-22-16/h5-8,12-14,17H,4,9-11H2,1-3H3,(H,26,27)/t14-,17+/m0/s1. The van der Waals surface area contributed by atoms with Crippen molar-refractivity contribution >= 4 is 27.6 Å². The number of hydrogen-bond donors (Lipinski definition) is 1. The summed E-state index contributed by atoms with van der Waals surface area (Å²) < 4.78 is 41.8. The second kappa shape index (κ2) is 11.5. The maximum Gasteiger partial charge on any atom is 0.240 e. The molecule has 0 amide bonds. The number of halogens is 1. The van der Waals surface area contributed by atoms with Crippen molar-refractivity contribution in [3.8, 4) is 11.5 Å². The van der Waals surface area contributed by atoms with Gasteiger partial charge in [0.1, 0.15) is 17.0 Å². The van der Waals surface area contributed by atoms with Crippen molar-refractivity contribution in [3.05, 3.63) is 47.6 Å². The average Bonchev–Trinajstić information content (AvgIpc) is 3.20. The Morgan fingerprint density at radius 3 is 2.55 bits per heavy atom. The molecule has 3 heterocycles. The molecule has 11 nitrogen and oxygen atoms in total. The number of anilines is 1. The summed E-state index contributed by atoms with van der Waals surface area (Å²) in [7, 11) is -2.44. The van der Waals surface area contributed by atoms with Gasteiger partial charge in [0.15, 0.2) is 11.6 Å². The van der Waals surface area contributed by atoms with Crippen LogP contribution in [0.25, 0.3) is 11.5 Å². The number of rotatable bonds is 12. The third-order valence-corrected chi connectivity index (χ3v) is 6.60. The van der Waals surface area contributed by atoms with Gasteiger partial charge in [-0.15, -0.1) is 10.2 Å². The van der Waals surface area contributed by atoms with Gasteiger partial charge in [-0.05, 0) is 25.5 Å². The van der Waals surface area contributed by atoms with Gasteiger partial charge < -0.3 is 9.47 Å². The maximum atomic E-state index is 13.3. The molecule has 178 valence electrons. The molecular formula is C20H26ClN7O4S. The summed E-state index contributed by atoms with van der Waals surface area (Å²) in [6.45, 7) is 4.43. The van der Waals surface area contributed by atoms with E-state index < -0.39 is 21.4 Å². The van der Waals surface area contributed by atoms with Crippen LogP contribution in [0.5, 0.6) is 0 Å². The fourth-order valence-electron chi connectivity index (χ4n) is 2.97. The predicted molar refractivity (Wildman–Crippen MR) is 123 cm³/mol. The lowest BCUT2D eigenvalue weighted by Gasteiger charge is -2.23. The lowest BCUT2D eigenvalue weighted by molar-refractivity contribution is 0.0466. The minimum absolute atomic E-state index is 0.0471. The van der Waals surface area contributed by atoms with Crippen LogP contribution >= 0.6 is 11.6 Å². The SMILES string of the molecule is CCCO[C@@H](c1ncc(Cl)cn1)[C@H](C)S(=O)(=O)Nc1nnc(-c2ccccn2)n1CCOC. The Labute approximate surface area is 197 Å². The van der Waals surface area contributed by atoms with Gasteiger partial charge in [0.05, 0.1) is 18.2 Å². The summed E-state index contributed by atoms with van der Waals surface area (Å²) in [6, 6.07) is 5.35. The summed E-state index contributed by atoms with van der Waals surface area (Å²) in [4.78, 5) is 12.6. The monoisotopic (exact) mass is 495 g/mol. The Hall–Kier alpha value is -2.67. The van der Waals surface area contributed by atoms with Crippen molar-refractivity contribution < 1.29 is 17.9 Å². The first-order valence-corrected chi connectivity index (χ1v) is 12.2. The van der Waals surface area contributed by atoms with E-state index in [-0.39, 0.29) is 11.8 Å². The molecule has 0 aliphatic carbocycles. The molecular weight excluding hydrogens is 470 g/mol. The van der Waals surface area contributed by atoms with Crippen molar-refractivity contribution in [2.24, 2.45) is 0 Å². The number of ether oxygens (including phenoxy) is 2. The fourth-order valence-corrected chi connectivity index (χ4v) is 4.19. The van der Waals surface area contributed by atoms with Crippen LogP contribution in [0, 0.1) is 0 Å². The van der Waals surface area contributed by atoms with Gasteiger partial charge in [0.25, 0.3) is 0 Å². The summed E-state index contributed by atoms with van der Waals surface area (Å²) in [6.07, 6.45) is 4.21. The zero-order valence-corrected chi connectivity index (χ0v) is 20.1. The van der Waals surface area contributed by atoms with E-state index in [1.165, 1.54) is 19.3 Å². The third kappa shape index (κ3) is 6.22. The van der Waals surface area contributed by atoms with Crippen LogP contribution in [-0.2, 0) is 26.0 Å². The number of sulfonamides is 1. The number of hydrogen-bond acceptors (Lipinski definition) is 9. The Morgan fingerprint density at radius 1 is 1.15 bits per heavy atom. The molecule has 3 aromatic rings. The minimum atomic E-state index is -3.99. The maximum absolute atomic E-state index is 13.3. The normalized spacial score (nSPS) is 13.6. The zero-order chi connectivity index (χ0) is 23.8. The molecule has 0 spiro atoms. The third-order valence-electron chi connectivity index (χ3n) is 4.71. The van der Waals surface area contributed by atoms with E-state index in [0.717, 1.165) is 0 Å². The summed E-state index contributed by atoms with van der Waals surface area (Å²) in [5, 5.41) is 7.50. The van der Waals surface area contributed by atoms with E-state index in [0.29, 0.717) is 42.7 Å². The number of nitrogens with zero attached hydrogens (tertiary/aromatic N) is 6. The van der Waals surface area contributed by atoms with E-state index in [2.05, 4.69) is 29.9 Å². The molecule has 0 radical (unpaired) electrons. The smallest absolute Gasteiger partial charge is 0.240 e. The number of nitrogens with one attached hydrogen (secondary N) is 1. The topological polar surface area (TPSA) is 134 Å². The Balaban J connectivity index is 1.91. The molecule has 0 bridgehead atoms. The summed E-state index contributed by atoms with van der Waals surface area (Å²) >= 11 is 5.88. The molecule has 0 aliphatic rings. The molecule has 0 fully saturated rings. The molecule has 33 heavy (non-hydrogen) atoms. The highest BCUT2D eigenvalue weighted by atomic mass is 35.5. The molecule has 0 saturated carbocycles. The molecule has 2 atom stereocenters. The van der Waals surface area contributed by atoms with E-state index in [1.807, 2.05) is 13.0 Å². The molecule has 0 aliphatic heterocycles. The van der Waals surface area contributed by atoms with E-state index in [4.69, 9.17) is 21.1 Å². The zero-order valence-electron chi connectivity index (χ0n) is 18.5. The van der Waals surface area contributed by atoms with Crippen molar-refractivity contribution in [3.63, 3.8) is 0 Å². The Kier molecular flexibility index (Phi) is 8.67. The second-order valence-corrected chi connectivity index (χ2v) is 9.58. The molecule has 0 aromatic carbocycles. The van der Waals surface area contributed by atoms with Crippen LogP contribution in [0.3, 0.4) is 0 Å². The molecule has 3 aromatic heterocycles. The minimum Gasteiger partial charge on any atom is -0.383 e. The van der Waals surface area contributed by atoms with Crippen molar-refractivity contribution in [1.82, 2.24) is 29.7 Å². The van der Waals surface area contributed by atoms with Gasteiger partial charge in [-0.1, -0.05) is 24.6 Å². The van der Waals surface area contributed by atoms with Crippen molar-refractivity contribution in [1.29, 1.82) is 0 Å². The first-order valence-electron chi connectivity index (χ1n) is 10.3. The van der Waals surface area contributed by atoms with Gasteiger partial charge in [0, 0.05) is 32.3 Å². The molecule has 0 unspecified atom stereocenters. The quantitative estimate of drug-likeness (QED) is 0.402. The Bertz CT molecular complexity index is 1130. The van der Waals surface area contributed by atoms with Crippen LogP contribution in [0.1, 0.15) is 32.2 Å². The van der Waals surface area contributed by atoms with Gasteiger partial charge in [-0.2, -0.15) is 0 Å². The highest BCUT2D eigenvalue weighted by Gasteiger charge is 2.35. The number of aromatic nitrogens is 6. The summed E-state index contributed by atoms with van der Waals surface area (Å²) in [5.74, 6) is 0.685. The van der Waals surface area contributed by atoms with Gasteiger partial charge in [0.2, 0.25) is 16.0 Å². The molecule has 0 saturated heterocycles. The van der Waals surface area contributed by atoms with Crippen LogP contribution in [-0.4, -0.2) is 63.7 Å². The number of methoxy groups -OCH3 is 1. The van der Waals surface area contributed by atoms with Crippen LogP contribution < -0.4 is 4.72 Å². The largest absolute Gasteiger partial charge is 0.383 e. The van der Waals surface area contributed by atoms with Gasteiger partial charge in [-0.3, -0.25) is 14.3 Å². The van der Waals surface area contributed by atoms with Gasteiger partial charge in [-0.25, -0.2) is 18.4 Å². The molecule has 1 N–H and O–H groups in total. The first kappa shape index (κ1) is 25.0. The van der Waals surface area contributed by atoms with Gasteiger partial charge >= 0.3 is 0 Å². The van der Waals surface area contributed by atoms with Crippen LogP contribution in [0.2, 0.25) is 5.02 Å². The average molecular weight is 496 g/mol. The summed E-state index contributed by atoms with van der Waals surface area (Å²) in [5.41, 5.74) is 0.554. The van der Waals surface area contributed by atoms with E-state index >= 15 is 0 Å². The molecule has 3 rings (SSSR count). The Morgan fingerprint density at radius 2 is 1.91 bits per heavy atom. The highest BCUT2D eigenvalue weighted by Crippen LogP contribution is 2.26. The molecule has 13 heteroatoms. The highest BCUT2D eigenvalue weighted by molar-refractivity contribution is 7.93. The van der Waals surface area contributed by atoms with Crippen molar-refractivity contribution in [2.45, 2.75) is 38.2 Å². The number of pyridine rings is 1. The first-order chi connectivity index (χ1) is 15.9. The van der Waals surface area contributed by atoms with E-state index in [9.17, 15) is 8.42 Å². The van der Waals surface area contributed by atoms with Crippen LogP contribution in [0.4, 0.5) is 5.95 Å². The lowest BCUT2D eigenvalue weighted by Crippen LogP contribution is -2.34. The van der Waals surface area contributed by atoms with E-state index in [1.54, 1.807) is 30.0 Å². The lowest BCUT2D eigenvalue weighted by atomic mass is 10.2.